The summed E-state index contributed by atoms with van der Waals surface area (Å²) in [4.78, 5) is 0. The second kappa shape index (κ2) is 7.68. The van der Waals surface area contributed by atoms with Crippen LogP contribution >= 0.6 is 0 Å². The first kappa shape index (κ1) is 13.5. The van der Waals surface area contributed by atoms with Crippen molar-refractivity contribution in [2.45, 2.75) is 64.8 Å². The van der Waals surface area contributed by atoms with Gasteiger partial charge in [-0.2, -0.15) is 5.26 Å². The van der Waals surface area contributed by atoms with Crippen LogP contribution in [0.1, 0.15) is 58.8 Å². The summed E-state index contributed by atoms with van der Waals surface area (Å²) in [6, 6.07) is 2.67. The molecule has 2 heteroatoms. The Balaban J connectivity index is 2.16. The van der Waals surface area contributed by atoms with Crippen molar-refractivity contribution >= 4 is 0 Å². The van der Waals surface area contributed by atoms with Gasteiger partial charge in [0.05, 0.1) is 12.5 Å². The minimum atomic E-state index is 0.411. The van der Waals surface area contributed by atoms with Gasteiger partial charge < -0.3 is 5.32 Å². The van der Waals surface area contributed by atoms with Crippen LogP contribution in [0, 0.1) is 23.2 Å². The van der Waals surface area contributed by atoms with Gasteiger partial charge in [0.15, 0.2) is 0 Å². The Morgan fingerprint density at radius 2 is 1.81 bits per heavy atom. The van der Waals surface area contributed by atoms with E-state index in [9.17, 15) is 0 Å². The van der Waals surface area contributed by atoms with E-state index >= 15 is 0 Å². The molecule has 0 bridgehead atoms. The Labute approximate surface area is 100 Å². The van der Waals surface area contributed by atoms with Crippen LogP contribution in [0.25, 0.3) is 0 Å². The summed E-state index contributed by atoms with van der Waals surface area (Å²) >= 11 is 0. The molecule has 16 heavy (non-hydrogen) atoms. The van der Waals surface area contributed by atoms with Crippen molar-refractivity contribution in [3.63, 3.8) is 0 Å². The molecular formula is C14H26N2. The second-order valence-corrected chi connectivity index (χ2v) is 5.17. The zero-order valence-electron chi connectivity index (χ0n) is 10.8. The highest BCUT2D eigenvalue weighted by molar-refractivity contribution is 4.81. The van der Waals surface area contributed by atoms with Gasteiger partial charge in [0.25, 0.3) is 0 Å². The molecule has 1 aliphatic carbocycles. The first-order valence-electron chi connectivity index (χ1n) is 6.90. The zero-order chi connectivity index (χ0) is 11.8. The number of nitriles is 1. The average molecular weight is 222 g/mol. The van der Waals surface area contributed by atoms with E-state index in [0.717, 1.165) is 24.8 Å². The third kappa shape index (κ3) is 4.53. The Bertz CT molecular complexity index is 211. The highest BCUT2D eigenvalue weighted by atomic mass is 14.9. The lowest BCUT2D eigenvalue weighted by molar-refractivity contribution is 0.256. The molecule has 0 saturated heterocycles. The van der Waals surface area contributed by atoms with Crippen molar-refractivity contribution < 1.29 is 0 Å². The molecule has 0 aromatic heterocycles. The summed E-state index contributed by atoms with van der Waals surface area (Å²) < 4.78 is 0. The van der Waals surface area contributed by atoms with Crippen molar-refractivity contribution in [3.8, 4) is 6.07 Å². The predicted octanol–water partition coefficient (Wildman–Crippen LogP) is 3.48. The van der Waals surface area contributed by atoms with E-state index in [4.69, 9.17) is 5.26 Å². The molecule has 0 amide bonds. The van der Waals surface area contributed by atoms with Gasteiger partial charge in [-0.05, 0) is 37.6 Å². The first-order valence-corrected chi connectivity index (χ1v) is 6.90. The molecule has 1 saturated carbocycles. The molecule has 92 valence electrons. The van der Waals surface area contributed by atoms with Crippen molar-refractivity contribution in [2.75, 3.05) is 6.54 Å². The molecule has 0 radical (unpaired) electrons. The van der Waals surface area contributed by atoms with E-state index in [1.807, 2.05) is 0 Å². The lowest BCUT2D eigenvalue weighted by Crippen LogP contribution is -2.34. The Morgan fingerprint density at radius 1 is 1.19 bits per heavy atom. The van der Waals surface area contributed by atoms with E-state index < -0.39 is 0 Å². The van der Waals surface area contributed by atoms with Crippen molar-refractivity contribution in [3.05, 3.63) is 0 Å². The lowest BCUT2D eigenvalue weighted by atomic mass is 9.81. The first-order chi connectivity index (χ1) is 7.80. The molecule has 0 spiro atoms. The molecule has 1 unspecified atom stereocenters. The fourth-order valence-corrected chi connectivity index (χ4v) is 2.65. The predicted molar refractivity (Wildman–Crippen MR) is 68.1 cm³/mol. The summed E-state index contributed by atoms with van der Waals surface area (Å²) in [5.74, 6) is 1.84. The molecular weight excluding hydrogens is 196 g/mol. The Kier molecular flexibility index (Phi) is 6.49. The monoisotopic (exact) mass is 222 g/mol. The van der Waals surface area contributed by atoms with E-state index in [1.165, 1.54) is 32.1 Å². The molecule has 0 aromatic rings. The van der Waals surface area contributed by atoms with Gasteiger partial charge in [-0.25, -0.2) is 0 Å². The van der Waals surface area contributed by atoms with Crippen LogP contribution in [-0.4, -0.2) is 12.6 Å². The topological polar surface area (TPSA) is 35.8 Å². The Morgan fingerprint density at radius 3 is 2.31 bits per heavy atom. The summed E-state index contributed by atoms with van der Waals surface area (Å²) in [6.07, 6.45) is 8.67. The van der Waals surface area contributed by atoms with Crippen LogP contribution in [0.5, 0.6) is 0 Å². The smallest absolute Gasteiger partial charge is 0.0638 e. The van der Waals surface area contributed by atoms with Crippen LogP contribution < -0.4 is 5.32 Å². The second-order valence-electron chi connectivity index (χ2n) is 5.17. The van der Waals surface area contributed by atoms with Gasteiger partial charge in [-0.1, -0.05) is 33.1 Å². The molecule has 1 N–H and O–H groups in total. The highest BCUT2D eigenvalue weighted by Crippen LogP contribution is 2.30. The number of nitrogens with zero attached hydrogens (tertiary/aromatic N) is 1. The van der Waals surface area contributed by atoms with Gasteiger partial charge in [0.2, 0.25) is 0 Å². The highest BCUT2D eigenvalue weighted by Gasteiger charge is 2.20. The van der Waals surface area contributed by atoms with E-state index in [1.54, 1.807) is 0 Å². The normalized spacial score (nSPS) is 27.3. The zero-order valence-corrected chi connectivity index (χ0v) is 10.8. The number of hydrogen-bond donors (Lipinski definition) is 1. The van der Waals surface area contributed by atoms with E-state index in [2.05, 4.69) is 25.2 Å². The number of hydrogen-bond acceptors (Lipinski definition) is 2. The molecule has 0 aliphatic heterocycles. The maximum Gasteiger partial charge on any atom is 0.0638 e. The van der Waals surface area contributed by atoms with Crippen molar-refractivity contribution in [1.29, 1.82) is 5.26 Å². The summed E-state index contributed by atoms with van der Waals surface area (Å²) in [5.41, 5.74) is 0. The lowest BCUT2D eigenvalue weighted by Gasteiger charge is -2.29. The maximum atomic E-state index is 8.68. The minimum Gasteiger partial charge on any atom is -0.313 e. The molecule has 2 nitrogen and oxygen atoms in total. The van der Waals surface area contributed by atoms with Gasteiger partial charge in [-0.3, -0.25) is 0 Å². The van der Waals surface area contributed by atoms with Gasteiger partial charge in [0.1, 0.15) is 0 Å². The SMILES string of the molecule is CCC1CCC(CNC(CC)CC#N)CC1. The molecule has 1 fully saturated rings. The fourth-order valence-electron chi connectivity index (χ4n) is 2.65. The average Bonchev–Trinajstić information content (AvgIpc) is 2.35. The largest absolute Gasteiger partial charge is 0.313 e. The molecule has 0 heterocycles. The van der Waals surface area contributed by atoms with Gasteiger partial charge in [0, 0.05) is 6.04 Å². The molecule has 1 aliphatic rings. The fraction of sp³-hybridized carbons (Fsp3) is 0.929. The number of nitrogens with one attached hydrogen (secondary N) is 1. The van der Waals surface area contributed by atoms with Crippen LogP contribution in [0.3, 0.4) is 0 Å². The molecule has 1 atom stereocenters. The van der Waals surface area contributed by atoms with Crippen molar-refractivity contribution in [2.24, 2.45) is 11.8 Å². The van der Waals surface area contributed by atoms with Gasteiger partial charge >= 0.3 is 0 Å². The van der Waals surface area contributed by atoms with E-state index in [0.29, 0.717) is 12.5 Å². The maximum absolute atomic E-state index is 8.68. The van der Waals surface area contributed by atoms with Crippen LogP contribution in [-0.2, 0) is 0 Å². The quantitative estimate of drug-likeness (QED) is 0.747. The Hall–Kier alpha value is -0.550. The third-order valence-electron chi connectivity index (χ3n) is 4.07. The van der Waals surface area contributed by atoms with E-state index in [-0.39, 0.29) is 0 Å². The summed E-state index contributed by atoms with van der Waals surface area (Å²) in [5, 5.41) is 12.2. The standard InChI is InChI=1S/C14H26N2/c1-3-12-5-7-13(8-6-12)11-16-14(4-2)9-10-15/h12-14,16H,3-9,11H2,1-2H3. The van der Waals surface area contributed by atoms with Crippen LogP contribution in [0.4, 0.5) is 0 Å². The summed E-state index contributed by atoms with van der Waals surface area (Å²) in [6.45, 7) is 5.59. The molecule has 0 aromatic carbocycles. The van der Waals surface area contributed by atoms with Crippen molar-refractivity contribution in [1.82, 2.24) is 5.32 Å². The summed E-state index contributed by atoms with van der Waals surface area (Å²) in [7, 11) is 0. The third-order valence-corrected chi connectivity index (χ3v) is 4.07. The molecule has 1 rings (SSSR count). The van der Waals surface area contributed by atoms with Crippen LogP contribution in [0.15, 0.2) is 0 Å². The van der Waals surface area contributed by atoms with Crippen LogP contribution in [0.2, 0.25) is 0 Å². The van der Waals surface area contributed by atoms with Gasteiger partial charge in [-0.15, -0.1) is 0 Å². The minimum absolute atomic E-state index is 0.411. The number of rotatable bonds is 6.